The van der Waals surface area contributed by atoms with Crippen molar-refractivity contribution in [2.75, 3.05) is 32.4 Å². The van der Waals surface area contributed by atoms with Gasteiger partial charge in [0.1, 0.15) is 0 Å². The van der Waals surface area contributed by atoms with Gasteiger partial charge < -0.3 is 10.2 Å². The lowest BCUT2D eigenvalue weighted by molar-refractivity contribution is -0.132. The number of rotatable bonds is 3. The van der Waals surface area contributed by atoms with Gasteiger partial charge in [0, 0.05) is 13.6 Å². The summed E-state index contributed by atoms with van der Waals surface area (Å²) in [5.74, 6) is 2.12. The molecule has 2 saturated heterocycles. The van der Waals surface area contributed by atoms with Crippen LogP contribution in [0.2, 0.25) is 0 Å². The van der Waals surface area contributed by atoms with Crippen LogP contribution in [0.4, 0.5) is 0 Å². The highest BCUT2D eigenvalue weighted by atomic mass is 32.2. The van der Waals surface area contributed by atoms with Crippen LogP contribution in [-0.2, 0) is 4.79 Å². The topological polar surface area (TPSA) is 32.3 Å². The first-order chi connectivity index (χ1) is 8.12. The first-order valence-electron chi connectivity index (χ1n) is 6.72. The summed E-state index contributed by atoms with van der Waals surface area (Å²) in [5, 5.41) is 3.41. The standard InChI is InChI=1S/C13H24N2OS/c1-13(6-4-8-17-13)12(16)15(2)10-11-5-3-7-14-9-11/h11,14H,3-10H2,1-2H3. The molecule has 4 heteroatoms. The molecule has 2 aliphatic rings. The minimum atomic E-state index is -0.142. The van der Waals surface area contributed by atoms with E-state index >= 15 is 0 Å². The third-order valence-electron chi connectivity index (χ3n) is 3.95. The van der Waals surface area contributed by atoms with Gasteiger partial charge in [0.05, 0.1) is 4.75 Å². The summed E-state index contributed by atoms with van der Waals surface area (Å²) in [6, 6.07) is 0. The molecule has 2 aliphatic heterocycles. The molecule has 98 valence electrons. The van der Waals surface area contributed by atoms with E-state index in [0.29, 0.717) is 11.8 Å². The summed E-state index contributed by atoms with van der Waals surface area (Å²) in [5.41, 5.74) is 0. The highest BCUT2D eigenvalue weighted by Crippen LogP contribution is 2.39. The number of thioether (sulfide) groups is 1. The summed E-state index contributed by atoms with van der Waals surface area (Å²) in [7, 11) is 1.97. The Kier molecular flexibility index (Phi) is 4.36. The molecule has 0 aliphatic carbocycles. The lowest BCUT2D eigenvalue weighted by Gasteiger charge is -2.32. The zero-order valence-electron chi connectivity index (χ0n) is 11.0. The van der Waals surface area contributed by atoms with E-state index in [2.05, 4.69) is 12.2 Å². The number of piperidine rings is 1. The molecule has 0 spiro atoms. The maximum atomic E-state index is 12.4. The number of nitrogens with zero attached hydrogens (tertiary/aromatic N) is 1. The molecule has 2 heterocycles. The summed E-state index contributed by atoms with van der Waals surface area (Å²) in [4.78, 5) is 14.4. The lowest BCUT2D eigenvalue weighted by Crippen LogP contribution is -2.45. The molecule has 0 radical (unpaired) electrons. The molecule has 0 saturated carbocycles. The van der Waals surface area contributed by atoms with Crippen molar-refractivity contribution in [2.45, 2.75) is 37.4 Å². The zero-order valence-corrected chi connectivity index (χ0v) is 11.8. The monoisotopic (exact) mass is 256 g/mol. The first kappa shape index (κ1) is 13.2. The van der Waals surface area contributed by atoms with Crippen LogP contribution >= 0.6 is 11.8 Å². The Balaban J connectivity index is 1.85. The van der Waals surface area contributed by atoms with Crippen molar-refractivity contribution >= 4 is 17.7 Å². The van der Waals surface area contributed by atoms with Crippen LogP contribution < -0.4 is 5.32 Å². The molecule has 2 atom stereocenters. The first-order valence-corrected chi connectivity index (χ1v) is 7.70. The van der Waals surface area contributed by atoms with Crippen LogP contribution in [0.5, 0.6) is 0 Å². The number of carbonyl (C=O) groups excluding carboxylic acids is 1. The smallest absolute Gasteiger partial charge is 0.238 e. The second kappa shape index (κ2) is 5.61. The molecule has 2 unspecified atom stereocenters. The van der Waals surface area contributed by atoms with E-state index in [1.165, 1.54) is 19.3 Å². The Morgan fingerprint density at radius 2 is 2.35 bits per heavy atom. The normalized spacial score (nSPS) is 33.6. The summed E-state index contributed by atoms with van der Waals surface area (Å²) in [6.07, 6.45) is 4.74. The van der Waals surface area contributed by atoms with Gasteiger partial charge in [0.25, 0.3) is 0 Å². The van der Waals surface area contributed by atoms with Crippen molar-refractivity contribution in [3.8, 4) is 0 Å². The van der Waals surface area contributed by atoms with Crippen LogP contribution in [0.25, 0.3) is 0 Å². The van der Waals surface area contributed by atoms with E-state index < -0.39 is 0 Å². The van der Waals surface area contributed by atoms with Crippen LogP contribution in [0.15, 0.2) is 0 Å². The third-order valence-corrected chi connectivity index (χ3v) is 5.46. The quantitative estimate of drug-likeness (QED) is 0.834. The van der Waals surface area contributed by atoms with Crippen LogP contribution in [-0.4, -0.2) is 48.0 Å². The maximum absolute atomic E-state index is 12.4. The van der Waals surface area contributed by atoms with Gasteiger partial charge in [-0.1, -0.05) is 0 Å². The number of nitrogens with one attached hydrogen (secondary N) is 1. The number of carbonyl (C=O) groups is 1. The maximum Gasteiger partial charge on any atom is 0.238 e. The fourth-order valence-corrected chi connectivity index (χ4v) is 4.21. The molecule has 0 aromatic rings. The van der Waals surface area contributed by atoms with Crippen LogP contribution in [0.3, 0.4) is 0 Å². The molecule has 0 aromatic carbocycles. The Hall–Kier alpha value is -0.220. The Bertz CT molecular complexity index is 271. The van der Waals surface area contributed by atoms with Crippen molar-refractivity contribution in [1.82, 2.24) is 10.2 Å². The van der Waals surface area contributed by atoms with Gasteiger partial charge in [0.15, 0.2) is 0 Å². The number of hydrogen-bond donors (Lipinski definition) is 1. The molecule has 1 N–H and O–H groups in total. The van der Waals surface area contributed by atoms with Crippen LogP contribution in [0, 0.1) is 5.92 Å². The van der Waals surface area contributed by atoms with Gasteiger partial charge in [-0.3, -0.25) is 4.79 Å². The predicted octanol–water partition coefficient (Wildman–Crippen LogP) is 1.73. The third kappa shape index (κ3) is 3.16. The van der Waals surface area contributed by atoms with E-state index in [1.807, 2.05) is 23.7 Å². The van der Waals surface area contributed by atoms with Gasteiger partial charge in [-0.2, -0.15) is 0 Å². The average molecular weight is 256 g/mol. The highest BCUT2D eigenvalue weighted by molar-refractivity contribution is 8.01. The highest BCUT2D eigenvalue weighted by Gasteiger charge is 2.39. The van der Waals surface area contributed by atoms with E-state index in [0.717, 1.165) is 31.8 Å². The van der Waals surface area contributed by atoms with E-state index in [4.69, 9.17) is 0 Å². The Morgan fingerprint density at radius 1 is 1.53 bits per heavy atom. The molecule has 0 bridgehead atoms. The average Bonchev–Trinajstić information content (AvgIpc) is 2.78. The van der Waals surface area contributed by atoms with Crippen molar-refractivity contribution in [1.29, 1.82) is 0 Å². The molecule has 2 fully saturated rings. The van der Waals surface area contributed by atoms with Gasteiger partial charge in [-0.25, -0.2) is 0 Å². The minimum absolute atomic E-state index is 0.142. The predicted molar refractivity (Wildman–Crippen MR) is 73.3 cm³/mol. The molecule has 3 nitrogen and oxygen atoms in total. The zero-order chi connectivity index (χ0) is 12.3. The van der Waals surface area contributed by atoms with Crippen LogP contribution in [0.1, 0.15) is 32.6 Å². The lowest BCUT2D eigenvalue weighted by atomic mass is 9.98. The fraction of sp³-hybridized carbons (Fsp3) is 0.923. The second-order valence-corrected chi connectivity index (χ2v) is 7.18. The largest absolute Gasteiger partial charge is 0.344 e. The molecule has 0 aromatic heterocycles. The molecular formula is C13H24N2OS. The molecule has 17 heavy (non-hydrogen) atoms. The number of amides is 1. The number of hydrogen-bond acceptors (Lipinski definition) is 3. The SMILES string of the molecule is CN(CC1CCCNC1)C(=O)C1(C)CCCS1. The van der Waals surface area contributed by atoms with E-state index in [1.54, 1.807) is 0 Å². The van der Waals surface area contributed by atoms with Gasteiger partial charge >= 0.3 is 0 Å². The van der Waals surface area contributed by atoms with Crippen molar-refractivity contribution in [2.24, 2.45) is 5.92 Å². The summed E-state index contributed by atoms with van der Waals surface area (Å²) >= 11 is 1.84. The van der Waals surface area contributed by atoms with E-state index in [9.17, 15) is 4.79 Å². The van der Waals surface area contributed by atoms with Crippen molar-refractivity contribution in [3.05, 3.63) is 0 Å². The second-order valence-electron chi connectivity index (χ2n) is 5.58. The van der Waals surface area contributed by atoms with Gasteiger partial charge in [-0.15, -0.1) is 11.8 Å². The minimum Gasteiger partial charge on any atom is -0.344 e. The Labute approximate surface area is 109 Å². The van der Waals surface area contributed by atoms with Crippen molar-refractivity contribution in [3.63, 3.8) is 0 Å². The van der Waals surface area contributed by atoms with Gasteiger partial charge in [-0.05, 0) is 57.4 Å². The Morgan fingerprint density at radius 3 is 2.94 bits per heavy atom. The molecule has 1 amide bonds. The summed E-state index contributed by atoms with van der Waals surface area (Å²) < 4.78 is -0.142. The van der Waals surface area contributed by atoms with E-state index in [-0.39, 0.29) is 4.75 Å². The summed E-state index contributed by atoms with van der Waals surface area (Å²) in [6.45, 7) is 5.24. The molecule has 2 rings (SSSR count). The van der Waals surface area contributed by atoms with Crippen molar-refractivity contribution < 1.29 is 4.79 Å². The fourth-order valence-electron chi connectivity index (χ4n) is 2.90. The van der Waals surface area contributed by atoms with Gasteiger partial charge in [0.2, 0.25) is 5.91 Å². The molecular weight excluding hydrogens is 232 g/mol.